The minimum atomic E-state index is 0.553. The predicted octanol–water partition coefficient (Wildman–Crippen LogP) is 13.5. The normalized spacial score (nSPS) is 15.5. The van der Waals surface area contributed by atoms with Gasteiger partial charge in [0.2, 0.25) is 0 Å². The molecule has 2 heterocycles. The van der Waals surface area contributed by atoms with E-state index in [0.29, 0.717) is 5.71 Å². The first-order valence-corrected chi connectivity index (χ1v) is 19.5. The molecule has 270 valence electrons. The van der Waals surface area contributed by atoms with Gasteiger partial charge >= 0.3 is 0 Å². The Morgan fingerprint density at radius 2 is 1.70 bits per heavy atom. The third kappa shape index (κ3) is 6.20. The predicted molar refractivity (Wildman–Crippen MR) is 239 cm³/mol. The molecule has 0 spiro atoms. The zero-order chi connectivity index (χ0) is 38.2. The molecule has 0 fully saturated rings. The lowest BCUT2D eigenvalue weighted by Crippen LogP contribution is -2.26. The topological polar surface area (TPSA) is 32.0 Å². The number of anilines is 1. The van der Waals surface area contributed by atoms with Gasteiger partial charge in [-0.15, -0.1) is 0 Å². The van der Waals surface area contributed by atoms with Crippen LogP contribution < -0.4 is 4.90 Å². The van der Waals surface area contributed by atoms with Crippen molar-refractivity contribution in [3.05, 3.63) is 198 Å². The van der Waals surface area contributed by atoms with Crippen LogP contribution in [0.1, 0.15) is 44.2 Å². The average Bonchev–Trinajstić information content (AvgIpc) is 3.35. The van der Waals surface area contributed by atoms with E-state index >= 15 is 0 Å². The molecule has 1 aliphatic heterocycles. The van der Waals surface area contributed by atoms with Gasteiger partial charge in [-0.1, -0.05) is 109 Å². The lowest BCUT2D eigenvalue weighted by atomic mass is 9.91. The van der Waals surface area contributed by atoms with Gasteiger partial charge in [0.25, 0.3) is 0 Å². The highest BCUT2D eigenvalue weighted by molar-refractivity contribution is 6.22. The molecule has 6 aromatic rings. The van der Waals surface area contributed by atoms with E-state index in [1.54, 1.807) is 0 Å². The minimum Gasteiger partial charge on any atom is -0.309 e. The molecule has 5 aromatic carbocycles. The molecule has 1 N–H and O–H groups in total. The number of allylic oxidation sites excluding steroid dienone is 13. The monoisotopic (exact) mass is 721 g/mol. The number of rotatable bonds is 8. The summed E-state index contributed by atoms with van der Waals surface area (Å²) in [6.07, 6.45) is 24.6. The first kappa shape index (κ1) is 34.9. The Labute approximate surface area is 329 Å². The first-order chi connectivity index (χ1) is 27.5. The van der Waals surface area contributed by atoms with Gasteiger partial charge in [0, 0.05) is 46.8 Å². The SMILES string of the molecule is C=CC1=C(/C=C\C)Cc2cc(-c3ccc4c(c3)c3c5ccccc5ccc3n4-c3cccc(/C(C)=C/C(=N)C4=CCCC=C4)c3)ccc2N1C1=CC#CCC=C1. The van der Waals surface area contributed by atoms with E-state index < -0.39 is 0 Å². The average molecular weight is 722 g/mol. The molecule has 0 atom stereocenters. The minimum absolute atomic E-state index is 0.553. The number of hydrogen-bond donors (Lipinski definition) is 1. The van der Waals surface area contributed by atoms with Gasteiger partial charge in [-0.25, -0.2) is 0 Å². The van der Waals surface area contributed by atoms with Gasteiger partial charge in [0.15, 0.2) is 0 Å². The van der Waals surface area contributed by atoms with Crippen molar-refractivity contribution in [3.63, 3.8) is 0 Å². The number of hydrogen-bond acceptors (Lipinski definition) is 2. The summed E-state index contributed by atoms with van der Waals surface area (Å²) in [5.74, 6) is 6.44. The van der Waals surface area contributed by atoms with Crippen molar-refractivity contribution in [2.24, 2.45) is 0 Å². The summed E-state index contributed by atoms with van der Waals surface area (Å²) in [6.45, 7) is 8.41. The van der Waals surface area contributed by atoms with Crippen LogP contribution in [0.4, 0.5) is 5.69 Å². The molecule has 1 aromatic heterocycles. The molecular weight excluding hydrogens is 679 g/mol. The highest BCUT2D eigenvalue weighted by Crippen LogP contribution is 2.42. The maximum atomic E-state index is 8.78. The molecule has 0 amide bonds. The van der Waals surface area contributed by atoms with Crippen molar-refractivity contribution >= 4 is 49.6 Å². The lowest BCUT2D eigenvalue weighted by molar-refractivity contribution is 1.01. The second kappa shape index (κ2) is 14.7. The second-order valence-corrected chi connectivity index (χ2v) is 14.6. The molecule has 3 nitrogen and oxygen atoms in total. The summed E-state index contributed by atoms with van der Waals surface area (Å²) in [4.78, 5) is 2.31. The number of benzene rings is 5. The van der Waals surface area contributed by atoms with Crippen LogP contribution in [0.5, 0.6) is 0 Å². The molecule has 0 saturated heterocycles. The number of nitrogens with zero attached hydrogens (tertiary/aromatic N) is 2. The van der Waals surface area contributed by atoms with Crippen molar-refractivity contribution in [3.8, 4) is 28.7 Å². The Hall–Kier alpha value is -6.89. The fraction of sp³-hybridized carbons (Fsp3) is 0.113. The van der Waals surface area contributed by atoms with Crippen LogP contribution in [-0.2, 0) is 6.42 Å². The van der Waals surface area contributed by atoms with Crippen molar-refractivity contribution < 1.29 is 0 Å². The van der Waals surface area contributed by atoms with Crippen molar-refractivity contribution in [1.82, 2.24) is 4.57 Å². The van der Waals surface area contributed by atoms with Crippen LogP contribution in [0.25, 0.3) is 55.0 Å². The van der Waals surface area contributed by atoms with E-state index in [0.717, 1.165) is 70.7 Å². The van der Waals surface area contributed by atoms with Crippen LogP contribution in [0.15, 0.2) is 187 Å². The van der Waals surface area contributed by atoms with Crippen LogP contribution >= 0.6 is 0 Å². The van der Waals surface area contributed by atoms with E-state index in [2.05, 4.69) is 181 Å². The van der Waals surface area contributed by atoms with Crippen LogP contribution in [-0.4, -0.2) is 10.3 Å². The smallest absolute Gasteiger partial charge is 0.0611 e. The molecule has 0 unspecified atom stereocenters. The summed E-state index contributed by atoms with van der Waals surface area (Å²) in [7, 11) is 0. The van der Waals surface area contributed by atoms with Gasteiger partial charge in [-0.3, -0.25) is 0 Å². The lowest BCUT2D eigenvalue weighted by Gasteiger charge is -2.34. The van der Waals surface area contributed by atoms with E-state index in [1.807, 2.05) is 18.2 Å². The highest BCUT2D eigenvalue weighted by Gasteiger charge is 2.25. The molecule has 9 rings (SSSR count). The Morgan fingerprint density at radius 3 is 2.55 bits per heavy atom. The Morgan fingerprint density at radius 1 is 0.839 bits per heavy atom. The quantitative estimate of drug-likeness (QED) is 0.123. The summed E-state index contributed by atoms with van der Waals surface area (Å²) >= 11 is 0. The van der Waals surface area contributed by atoms with Crippen LogP contribution in [0.2, 0.25) is 0 Å². The molecule has 56 heavy (non-hydrogen) atoms. The van der Waals surface area contributed by atoms with Crippen LogP contribution in [0.3, 0.4) is 0 Å². The van der Waals surface area contributed by atoms with E-state index in [1.165, 1.54) is 49.3 Å². The largest absolute Gasteiger partial charge is 0.309 e. The van der Waals surface area contributed by atoms with Gasteiger partial charge < -0.3 is 14.9 Å². The van der Waals surface area contributed by atoms with Crippen LogP contribution in [0, 0.1) is 17.3 Å². The van der Waals surface area contributed by atoms with Crippen molar-refractivity contribution in [2.75, 3.05) is 4.90 Å². The zero-order valence-corrected chi connectivity index (χ0v) is 31.9. The third-order valence-corrected chi connectivity index (χ3v) is 11.1. The molecule has 3 aliphatic rings. The fourth-order valence-corrected chi connectivity index (χ4v) is 8.48. The highest BCUT2D eigenvalue weighted by atomic mass is 15.2. The number of fused-ring (bicyclic) bond motifs is 6. The Balaban J connectivity index is 1.18. The maximum absolute atomic E-state index is 8.78. The zero-order valence-electron chi connectivity index (χ0n) is 31.9. The van der Waals surface area contributed by atoms with Gasteiger partial charge in [-0.05, 0) is 137 Å². The van der Waals surface area contributed by atoms with E-state index in [9.17, 15) is 0 Å². The number of nitrogens with one attached hydrogen (secondary N) is 1. The van der Waals surface area contributed by atoms with Crippen molar-refractivity contribution in [1.29, 1.82) is 5.41 Å². The first-order valence-electron chi connectivity index (χ1n) is 19.5. The molecular formula is C53H43N3. The maximum Gasteiger partial charge on any atom is 0.0611 e. The molecule has 3 heteroatoms. The van der Waals surface area contributed by atoms with E-state index in [4.69, 9.17) is 5.41 Å². The molecule has 0 saturated carbocycles. The van der Waals surface area contributed by atoms with E-state index in [-0.39, 0.29) is 0 Å². The third-order valence-electron chi connectivity index (χ3n) is 11.1. The Kier molecular flexibility index (Phi) is 9.17. The summed E-state index contributed by atoms with van der Waals surface area (Å²) in [5.41, 5.74) is 15.3. The summed E-state index contributed by atoms with van der Waals surface area (Å²) in [6, 6.07) is 35.8. The summed E-state index contributed by atoms with van der Waals surface area (Å²) < 4.78 is 2.40. The fourth-order valence-electron chi connectivity index (χ4n) is 8.48. The summed E-state index contributed by atoms with van der Waals surface area (Å²) in [5, 5.41) is 13.7. The van der Waals surface area contributed by atoms with Crippen molar-refractivity contribution in [2.45, 2.75) is 39.5 Å². The number of aromatic nitrogens is 1. The van der Waals surface area contributed by atoms with Gasteiger partial charge in [0.1, 0.15) is 0 Å². The van der Waals surface area contributed by atoms with Gasteiger partial charge in [0.05, 0.1) is 22.4 Å². The Bertz CT molecular complexity index is 2920. The molecule has 2 aliphatic carbocycles. The molecule has 0 radical (unpaired) electrons. The second-order valence-electron chi connectivity index (χ2n) is 14.6. The van der Waals surface area contributed by atoms with Gasteiger partial charge in [-0.2, -0.15) is 0 Å². The standard InChI is InChI=1S/C53H43N3/c1-4-16-42-33-43-32-40(26-28-50(43)55(49(42)5-2)44-21-11-6-7-12-22-44)41-27-29-51-47(35-41)53-46-24-14-13-17-37(46)25-30-52(53)56(51)45-23-15-20-39(34-45)36(3)31-48(54)38-18-9-8-10-19-38/h4-5,9,11,13-32,34-35,54H,2,6,8,10,33H2,1,3H3/b16-4-,36-31+,54-48?. The molecule has 0 bridgehead atoms.